The molecule has 3 rings (SSSR count). The maximum absolute atomic E-state index is 11.1. The summed E-state index contributed by atoms with van der Waals surface area (Å²) in [5.41, 5.74) is 0.538. The topological polar surface area (TPSA) is 96.5 Å². The molecule has 0 N–H and O–H groups in total. The summed E-state index contributed by atoms with van der Waals surface area (Å²) < 4.78 is 7.00. The minimum atomic E-state index is -0.531. The van der Waals surface area contributed by atoms with E-state index < -0.39 is 10.9 Å². The number of nitrogens with zero attached hydrogens (tertiary/aromatic N) is 3. The van der Waals surface area contributed by atoms with Gasteiger partial charge in [0, 0.05) is 30.6 Å². The summed E-state index contributed by atoms with van der Waals surface area (Å²) in [5.74, 6) is 0.281. The number of nitro groups is 1. The van der Waals surface area contributed by atoms with Gasteiger partial charge in [0.05, 0.1) is 10.4 Å². The molecule has 0 aliphatic carbocycles. The van der Waals surface area contributed by atoms with Crippen LogP contribution in [0.4, 0.5) is 5.69 Å². The number of carbonyl (C=O) groups excluding carboxylic acids is 1. The second kappa shape index (κ2) is 5.76. The van der Waals surface area contributed by atoms with E-state index in [1.165, 1.54) is 23.8 Å². The van der Waals surface area contributed by atoms with Gasteiger partial charge in [0.15, 0.2) is 0 Å². The van der Waals surface area contributed by atoms with Crippen molar-refractivity contribution in [3.63, 3.8) is 0 Å². The molecular formula is C15H11N3O5. The Hall–Kier alpha value is -3.42. The molecule has 2 aromatic heterocycles. The van der Waals surface area contributed by atoms with Gasteiger partial charge in [0.1, 0.15) is 11.9 Å². The van der Waals surface area contributed by atoms with Crippen LogP contribution in [0.25, 0.3) is 10.9 Å². The van der Waals surface area contributed by atoms with Crippen LogP contribution >= 0.6 is 0 Å². The van der Waals surface area contributed by atoms with Crippen molar-refractivity contribution in [1.82, 2.24) is 9.71 Å². The molecule has 1 aromatic carbocycles. The van der Waals surface area contributed by atoms with E-state index in [0.29, 0.717) is 16.7 Å². The predicted molar refractivity (Wildman–Crippen MR) is 80.2 cm³/mol. The lowest BCUT2D eigenvalue weighted by atomic mass is 10.2. The van der Waals surface area contributed by atoms with Crippen LogP contribution < -0.4 is 9.57 Å². The number of hydrogen-bond donors (Lipinski definition) is 0. The third kappa shape index (κ3) is 2.95. The molecule has 0 aliphatic rings. The van der Waals surface area contributed by atoms with Gasteiger partial charge in [-0.05, 0) is 18.2 Å². The van der Waals surface area contributed by atoms with Gasteiger partial charge in [-0.15, -0.1) is 0 Å². The fourth-order valence-corrected chi connectivity index (χ4v) is 2.08. The highest BCUT2D eigenvalue weighted by Crippen LogP contribution is 2.30. The number of carbonyl (C=O) groups is 1. The Bertz CT molecular complexity index is 886. The van der Waals surface area contributed by atoms with Crippen molar-refractivity contribution < 1.29 is 19.3 Å². The number of aromatic nitrogens is 2. The van der Waals surface area contributed by atoms with Gasteiger partial charge < -0.3 is 9.57 Å². The largest absolute Gasteiger partial charge is 0.438 e. The lowest BCUT2D eigenvalue weighted by molar-refractivity contribution is -0.385. The van der Waals surface area contributed by atoms with Gasteiger partial charge in [0.2, 0.25) is 5.88 Å². The molecule has 2 heterocycles. The molecule has 0 fully saturated rings. The van der Waals surface area contributed by atoms with Crippen molar-refractivity contribution >= 4 is 22.6 Å². The van der Waals surface area contributed by atoms with Crippen molar-refractivity contribution in [3.05, 3.63) is 58.9 Å². The zero-order chi connectivity index (χ0) is 16.4. The minimum absolute atomic E-state index is 0.114. The first-order valence-corrected chi connectivity index (χ1v) is 6.62. The summed E-state index contributed by atoms with van der Waals surface area (Å²) in [7, 11) is 0. The standard InChI is InChI=1S/C15H11N3O5/c1-10(19)23-17-8-7-12-13(17)3-2-4-14(12)22-15-6-5-11(9-16-15)18(20)21/h2-9H,1H3. The summed E-state index contributed by atoms with van der Waals surface area (Å²) >= 11 is 0. The van der Waals surface area contributed by atoms with Crippen LogP contribution in [-0.4, -0.2) is 20.6 Å². The zero-order valence-electron chi connectivity index (χ0n) is 12.0. The molecule has 0 spiro atoms. The minimum Gasteiger partial charge on any atom is -0.438 e. The van der Waals surface area contributed by atoms with Crippen molar-refractivity contribution in [3.8, 4) is 11.6 Å². The van der Waals surface area contributed by atoms with Crippen molar-refractivity contribution in [2.45, 2.75) is 6.92 Å². The average molecular weight is 313 g/mol. The van der Waals surface area contributed by atoms with Crippen LogP contribution in [-0.2, 0) is 4.79 Å². The van der Waals surface area contributed by atoms with Gasteiger partial charge in [-0.25, -0.2) is 9.78 Å². The molecule has 0 radical (unpaired) electrons. The van der Waals surface area contributed by atoms with Gasteiger partial charge in [-0.1, -0.05) is 6.07 Å². The van der Waals surface area contributed by atoms with E-state index >= 15 is 0 Å². The zero-order valence-corrected chi connectivity index (χ0v) is 12.0. The number of rotatable bonds is 4. The van der Waals surface area contributed by atoms with Crippen molar-refractivity contribution in [2.75, 3.05) is 0 Å². The lowest BCUT2D eigenvalue weighted by Gasteiger charge is -2.07. The third-order valence-corrected chi connectivity index (χ3v) is 3.03. The molecule has 0 amide bonds. The van der Waals surface area contributed by atoms with E-state index in [0.717, 1.165) is 6.20 Å². The molecule has 3 aromatic rings. The lowest BCUT2D eigenvalue weighted by Crippen LogP contribution is -2.14. The van der Waals surface area contributed by atoms with Gasteiger partial charge >= 0.3 is 5.97 Å². The molecule has 23 heavy (non-hydrogen) atoms. The molecule has 8 heteroatoms. The van der Waals surface area contributed by atoms with Crippen LogP contribution in [0.15, 0.2) is 48.8 Å². The smallest absolute Gasteiger partial charge is 0.329 e. The first-order valence-electron chi connectivity index (χ1n) is 6.62. The van der Waals surface area contributed by atoms with Crippen molar-refractivity contribution in [2.24, 2.45) is 0 Å². The molecule has 0 saturated heterocycles. The summed E-state index contributed by atoms with van der Waals surface area (Å²) in [5, 5.41) is 11.3. The van der Waals surface area contributed by atoms with E-state index in [-0.39, 0.29) is 11.6 Å². The number of benzene rings is 1. The fraction of sp³-hybridized carbons (Fsp3) is 0.0667. The van der Waals surface area contributed by atoms with Gasteiger partial charge in [0.25, 0.3) is 5.69 Å². The van der Waals surface area contributed by atoms with Gasteiger partial charge in [-0.3, -0.25) is 10.1 Å². The molecule has 8 nitrogen and oxygen atoms in total. The third-order valence-electron chi connectivity index (χ3n) is 3.03. The normalized spacial score (nSPS) is 10.5. The Balaban J connectivity index is 1.92. The Labute approximate surface area is 130 Å². The van der Waals surface area contributed by atoms with E-state index in [9.17, 15) is 14.9 Å². The molecule has 0 aliphatic heterocycles. The SMILES string of the molecule is CC(=O)On1ccc2c(Oc3ccc([N+](=O)[O-])cn3)cccc21. The molecule has 0 atom stereocenters. The Morgan fingerprint density at radius 1 is 1.26 bits per heavy atom. The maximum atomic E-state index is 11.1. The second-order valence-electron chi connectivity index (χ2n) is 4.63. The van der Waals surface area contributed by atoms with Crippen LogP contribution in [0.1, 0.15) is 6.92 Å². The van der Waals surface area contributed by atoms with E-state index in [1.807, 2.05) is 0 Å². The molecule has 116 valence electrons. The summed E-state index contributed by atoms with van der Waals surface area (Å²) in [4.78, 5) is 30.1. The highest BCUT2D eigenvalue weighted by Gasteiger charge is 2.11. The van der Waals surface area contributed by atoms with Crippen molar-refractivity contribution in [1.29, 1.82) is 0 Å². The van der Waals surface area contributed by atoms with E-state index in [2.05, 4.69) is 4.98 Å². The Morgan fingerprint density at radius 3 is 2.74 bits per heavy atom. The molecule has 0 bridgehead atoms. The number of fused-ring (bicyclic) bond motifs is 1. The number of pyridine rings is 1. The average Bonchev–Trinajstić information content (AvgIpc) is 2.91. The second-order valence-corrected chi connectivity index (χ2v) is 4.63. The molecule has 0 unspecified atom stereocenters. The fourth-order valence-electron chi connectivity index (χ4n) is 2.08. The number of hydrogen-bond acceptors (Lipinski definition) is 6. The van der Waals surface area contributed by atoms with E-state index in [4.69, 9.17) is 9.57 Å². The number of ether oxygens (including phenoxy) is 1. The highest BCUT2D eigenvalue weighted by atomic mass is 16.7. The summed E-state index contributed by atoms with van der Waals surface area (Å²) in [6.45, 7) is 1.31. The van der Waals surface area contributed by atoms with Gasteiger partial charge in [-0.2, -0.15) is 4.73 Å². The monoisotopic (exact) mass is 313 g/mol. The Morgan fingerprint density at radius 2 is 2.09 bits per heavy atom. The first kappa shape index (κ1) is 14.5. The maximum Gasteiger partial charge on any atom is 0.329 e. The van der Waals surface area contributed by atoms with Crippen LogP contribution in [0.5, 0.6) is 11.6 Å². The quantitative estimate of drug-likeness (QED) is 0.542. The van der Waals surface area contributed by atoms with Crippen LogP contribution in [0, 0.1) is 10.1 Å². The summed E-state index contributed by atoms with van der Waals surface area (Å²) in [6, 6.07) is 9.70. The predicted octanol–water partition coefficient (Wildman–Crippen LogP) is 2.71. The summed E-state index contributed by atoms with van der Waals surface area (Å²) in [6.07, 6.45) is 2.72. The molecular weight excluding hydrogens is 302 g/mol. The van der Waals surface area contributed by atoms with E-state index in [1.54, 1.807) is 30.5 Å². The van der Waals surface area contributed by atoms with Crippen LogP contribution in [0.2, 0.25) is 0 Å². The molecule has 0 saturated carbocycles. The Kier molecular flexibility index (Phi) is 3.63. The van der Waals surface area contributed by atoms with Crippen LogP contribution in [0.3, 0.4) is 0 Å². The highest BCUT2D eigenvalue weighted by molar-refractivity contribution is 5.87. The first-order chi connectivity index (χ1) is 11.0.